The maximum absolute atomic E-state index is 3.27. The van der Waals surface area contributed by atoms with Crippen molar-refractivity contribution >= 4 is 15.9 Å². The second kappa shape index (κ2) is 12.2. The molecule has 0 unspecified atom stereocenters. The van der Waals surface area contributed by atoms with Gasteiger partial charge in [-0.15, -0.1) is 0 Å². The van der Waals surface area contributed by atoms with Gasteiger partial charge >= 0.3 is 0 Å². The van der Waals surface area contributed by atoms with E-state index >= 15 is 0 Å². The lowest BCUT2D eigenvalue weighted by atomic mass is 10.1. The summed E-state index contributed by atoms with van der Waals surface area (Å²) in [6.07, 6.45) is 15.3. The van der Waals surface area contributed by atoms with Crippen molar-refractivity contribution in [1.82, 2.24) is 0 Å². The summed E-state index contributed by atoms with van der Waals surface area (Å²) in [6, 6.07) is 0. The first-order valence-corrected chi connectivity index (χ1v) is 6.40. The zero-order chi connectivity index (χ0) is 9.78. The van der Waals surface area contributed by atoms with Gasteiger partial charge in [-0.25, -0.2) is 0 Å². The number of hydrogen-bond donors (Lipinski definition) is 0. The summed E-state index contributed by atoms with van der Waals surface area (Å²) in [6.45, 7) is 2.25. The summed E-state index contributed by atoms with van der Waals surface area (Å²) in [7, 11) is 0. The molecule has 77 valence electrons. The summed E-state index contributed by atoms with van der Waals surface area (Å²) in [5, 5.41) is 0. The molecule has 0 aliphatic heterocycles. The van der Waals surface area contributed by atoms with Crippen LogP contribution in [-0.4, -0.2) is 0 Å². The molecule has 1 radical (unpaired) electrons. The van der Waals surface area contributed by atoms with Crippen molar-refractivity contribution in [3.05, 3.63) is 17.5 Å². The van der Waals surface area contributed by atoms with Gasteiger partial charge in [0.15, 0.2) is 0 Å². The van der Waals surface area contributed by atoms with E-state index in [0.29, 0.717) is 0 Å². The van der Waals surface area contributed by atoms with E-state index in [1.54, 1.807) is 0 Å². The van der Waals surface area contributed by atoms with Gasteiger partial charge in [-0.05, 0) is 24.2 Å². The van der Waals surface area contributed by atoms with Crippen LogP contribution in [-0.2, 0) is 0 Å². The molecule has 0 aliphatic carbocycles. The Morgan fingerprint density at radius 2 is 1.62 bits per heavy atom. The molecule has 0 nitrogen and oxygen atoms in total. The Labute approximate surface area is 91.9 Å². The molecule has 0 aromatic carbocycles. The van der Waals surface area contributed by atoms with E-state index in [9.17, 15) is 0 Å². The average Bonchev–Trinajstić information content (AvgIpc) is 2.16. The Balaban J connectivity index is 2.83. The van der Waals surface area contributed by atoms with Crippen LogP contribution >= 0.6 is 15.9 Å². The summed E-state index contributed by atoms with van der Waals surface area (Å²) in [5.41, 5.74) is 0. The van der Waals surface area contributed by atoms with Crippen LogP contribution in [0.2, 0.25) is 0 Å². The predicted octanol–water partition coefficient (Wildman–Crippen LogP) is 5.24. The van der Waals surface area contributed by atoms with Gasteiger partial charge in [0.05, 0.1) is 0 Å². The van der Waals surface area contributed by atoms with Crippen molar-refractivity contribution < 1.29 is 0 Å². The molecule has 0 saturated carbocycles. The van der Waals surface area contributed by atoms with Gasteiger partial charge in [-0.1, -0.05) is 67.5 Å². The minimum absolute atomic E-state index is 1.22. The largest absolute Gasteiger partial charge is 0.0776 e. The topological polar surface area (TPSA) is 0 Å². The highest BCUT2D eigenvalue weighted by Crippen LogP contribution is 2.08. The van der Waals surface area contributed by atoms with E-state index in [0.717, 1.165) is 0 Å². The Morgan fingerprint density at radius 3 is 2.31 bits per heavy atom. The molecule has 0 aliphatic rings. The molecular weight excluding hydrogens is 224 g/mol. The minimum Gasteiger partial charge on any atom is -0.0776 e. The molecule has 0 fully saturated rings. The number of halogens is 1. The predicted molar refractivity (Wildman–Crippen MR) is 65.0 cm³/mol. The smallest absolute Gasteiger partial charge is 0.0229 e. The van der Waals surface area contributed by atoms with E-state index in [1.807, 2.05) is 4.99 Å². The number of hydrogen-bond acceptors (Lipinski definition) is 0. The molecular formula is C12H22Br. The van der Waals surface area contributed by atoms with Crippen LogP contribution in [0.1, 0.15) is 58.3 Å². The molecule has 0 amide bonds. The zero-order valence-electron chi connectivity index (χ0n) is 8.77. The summed E-state index contributed by atoms with van der Waals surface area (Å²) in [4.78, 5) is 1.96. The van der Waals surface area contributed by atoms with Gasteiger partial charge in [0, 0.05) is 0 Å². The van der Waals surface area contributed by atoms with Gasteiger partial charge in [0.25, 0.3) is 0 Å². The molecule has 0 N–H and O–H groups in total. The fourth-order valence-corrected chi connectivity index (χ4v) is 1.55. The first-order valence-electron chi connectivity index (χ1n) is 5.48. The molecule has 0 aromatic heterocycles. The van der Waals surface area contributed by atoms with Gasteiger partial charge in [0.1, 0.15) is 0 Å². The van der Waals surface area contributed by atoms with Crippen molar-refractivity contribution in [1.29, 1.82) is 0 Å². The van der Waals surface area contributed by atoms with E-state index in [-0.39, 0.29) is 0 Å². The van der Waals surface area contributed by atoms with E-state index < -0.39 is 0 Å². The van der Waals surface area contributed by atoms with Crippen molar-refractivity contribution in [3.8, 4) is 0 Å². The quantitative estimate of drug-likeness (QED) is 0.488. The average molecular weight is 246 g/mol. The molecule has 0 aromatic rings. The highest BCUT2D eigenvalue weighted by Gasteiger charge is 1.90. The van der Waals surface area contributed by atoms with E-state index in [2.05, 4.69) is 35.4 Å². The van der Waals surface area contributed by atoms with Gasteiger partial charge in [-0.3, -0.25) is 0 Å². The Morgan fingerprint density at radius 1 is 0.923 bits per heavy atom. The third kappa shape index (κ3) is 12.2. The molecule has 0 atom stereocenters. The third-order valence-electron chi connectivity index (χ3n) is 2.13. The summed E-state index contributed by atoms with van der Waals surface area (Å²) >= 11 is 3.27. The van der Waals surface area contributed by atoms with Crippen LogP contribution in [0.4, 0.5) is 0 Å². The number of unbranched alkanes of at least 4 members (excludes halogenated alkanes) is 8. The molecule has 0 spiro atoms. The molecule has 0 rings (SSSR count). The van der Waals surface area contributed by atoms with Crippen LogP contribution < -0.4 is 0 Å². The highest BCUT2D eigenvalue weighted by molar-refractivity contribution is 9.11. The monoisotopic (exact) mass is 245 g/mol. The maximum Gasteiger partial charge on any atom is -0.0229 e. The fraction of sp³-hybridized carbons (Fsp3) is 0.750. The van der Waals surface area contributed by atoms with Crippen LogP contribution in [0.25, 0.3) is 0 Å². The Kier molecular flexibility index (Phi) is 12.4. The number of rotatable bonds is 9. The van der Waals surface area contributed by atoms with E-state index in [4.69, 9.17) is 0 Å². The lowest BCUT2D eigenvalue weighted by Gasteiger charge is -1.99. The second-order valence-electron chi connectivity index (χ2n) is 3.43. The SMILES string of the molecule is CCCC[CH]CCCCC/C=C\Br. The van der Waals surface area contributed by atoms with Crippen molar-refractivity contribution in [2.24, 2.45) is 0 Å². The van der Waals surface area contributed by atoms with Crippen LogP contribution in [0.15, 0.2) is 11.1 Å². The van der Waals surface area contributed by atoms with Gasteiger partial charge in [0.2, 0.25) is 0 Å². The fourth-order valence-electron chi connectivity index (χ4n) is 1.28. The standard InChI is InChI=1S/C12H22Br/c1-2-3-4-5-6-7-8-9-10-11-12-13/h5,11-12H,2-4,6-10H2,1H3/b12-11-. The molecule has 0 heterocycles. The van der Waals surface area contributed by atoms with Gasteiger partial charge in [-0.2, -0.15) is 0 Å². The highest BCUT2D eigenvalue weighted by atomic mass is 79.9. The normalized spacial score (nSPS) is 11.2. The lowest BCUT2D eigenvalue weighted by Crippen LogP contribution is -1.80. The Bertz CT molecular complexity index is 108. The maximum atomic E-state index is 3.27. The van der Waals surface area contributed by atoms with Crippen LogP contribution in [0.3, 0.4) is 0 Å². The third-order valence-corrected chi connectivity index (χ3v) is 2.50. The summed E-state index contributed by atoms with van der Waals surface area (Å²) in [5.74, 6) is 0. The molecule has 1 heteroatoms. The minimum atomic E-state index is 1.22. The molecule has 13 heavy (non-hydrogen) atoms. The number of allylic oxidation sites excluding steroid dienone is 1. The van der Waals surface area contributed by atoms with Gasteiger partial charge < -0.3 is 0 Å². The zero-order valence-corrected chi connectivity index (χ0v) is 10.4. The van der Waals surface area contributed by atoms with E-state index in [1.165, 1.54) is 51.4 Å². The molecule has 0 bridgehead atoms. The van der Waals surface area contributed by atoms with Crippen molar-refractivity contribution in [3.63, 3.8) is 0 Å². The second-order valence-corrected chi connectivity index (χ2v) is 3.96. The Hall–Kier alpha value is 0.220. The molecule has 0 saturated heterocycles. The van der Waals surface area contributed by atoms with Crippen LogP contribution in [0.5, 0.6) is 0 Å². The first-order chi connectivity index (χ1) is 6.41. The lowest BCUT2D eigenvalue weighted by molar-refractivity contribution is 0.655. The van der Waals surface area contributed by atoms with Crippen molar-refractivity contribution in [2.75, 3.05) is 0 Å². The first kappa shape index (κ1) is 13.2. The summed E-state index contributed by atoms with van der Waals surface area (Å²) < 4.78 is 0. The van der Waals surface area contributed by atoms with Crippen molar-refractivity contribution in [2.45, 2.75) is 58.3 Å². The van der Waals surface area contributed by atoms with Crippen LogP contribution in [0, 0.1) is 6.42 Å².